The van der Waals surface area contributed by atoms with E-state index in [0.717, 1.165) is 32.5 Å². The van der Waals surface area contributed by atoms with Gasteiger partial charge in [0.05, 0.1) is 11.5 Å². The zero-order valence-corrected chi connectivity index (χ0v) is 15.6. The second-order valence-electron chi connectivity index (χ2n) is 6.10. The Morgan fingerprint density at radius 1 is 1.32 bits per heavy atom. The third kappa shape index (κ3) is 5.78. The molecule has 2 rings (SSSR count). The lowest BCUT2D eigenvalue weighted by molar-refractivity contribution is 0.0912. The van der Waals surface area contributed by atoms with Crippen LogP contribution in [0.5, 0.6) is 0 Å². The summed E-state index contributed by atoms with van der Waals surface area (Å²) in [4.78, 5) is 14.9. The van der Waals surface area contributed by atoms with Crippen molar-refractivity contribution < 1.29 is 17.9 Å². The molecule has 0 aliphatic carbocycles. The minimum Gasteiger partial charge on any atom is -0.383 e. The van der Waals surface area contributed by atoms with Crippen LogP contribution in [-0.2, 0) is 14.8 Å². The van der Waals surface area contributed by atoms with Gasteiger partial charge in [0.2, 0.25) is 10.0 Å². The number of hydrogen-bond acceptors (Lipinski definition) is 5. The quantitative estimate of drug-likeness (QED) is 0.663. The van der Waals surface area contributed by atoms with Crippen molar-refractivity contribution in [3.63, 3.8) is 0 Å². The molecule has 1 aromatic rings. The van der Waals surface area contributed by atoms with E-state index in [1.54, 1.807) is 12.1 Å². The fourth-order valence-corrected chi connectivity index (χ4v) is 3.89. The first-order valence-corrected chi connectivity index (χ1v) is 10.1. The highest BCUT2D eigenvalue weighted by atomic mass is 32.2. The number of nitrogens with one attached hydrogen (secondary N) is 2. The number of ether oxygens (including phenoxy) is 1. The van der Waals surface area contributed by atoms with Crippen LogP contribution in [-0.4, -0.2) is 65.2 Å². The van der Waals surface area contributed by atoms with Gasteiger partial charge in [0.15, 0.2) is 0 Å². The van der Waals surface area contributed by atoms with Crippen molar-refractivity contribution in [2.24, 2.45) is 0 Å². The standard InChI is InChI=1S/C17H27N3O4S/c1-3-20-10-7-15(8-11-20)19-17(21)14-5-4-6-16(13-14)25(22,23)18-9-12-24-2/h4-6,13,15,18H,3,7-12H2,1-2H3,(H,19,21). The fourth-order valence-electron chi connectivity index (χ4n) is 2.83. The Morgan fingerprint density at radius 2 is 2.04 bits per heavy atom. The molecule has 2 N–H and O–H groups in total. The van der Waals surface area contributed by atoms with Crippen molar-refractivity contribution >= 4 is 15.9 Å². The molecule has 140 valence electrons. The topological polar surface area (TPSA) is 87.7 Å². The second kappa shape index (κ2) is 9.28. The van der Waals surface area contributed by atoms with Crippen molar-refractivity contribution in [1.29, 1.82) is 0 Å². The number of nitrogens with zero attached hydrogens (tertiary/aromatic N) is 1. The maximum atomic E-state index is 12.4. The van der Waals surface area contributed by atoms with Crippen LogP contribution in [0.4, 0.5) is 0 Å². The average molecular weight is 369 g/mol. The van der Waals surface area contributed by atoms with E-state index in [4.69, 9.17) is 4.74 Å². The number of piperidine rings is 1. The SMILES string of the molecule is CCN1CCC(NC(=O)c2cccc(S(=O)(=O)NCCOC)c2)CC1. The molecular formula is C17H27N3O4S. The van der Waals surface area contributed by atoms with E-state index in [9.17, 15) is 13.2 Å². The summed E-state index contributed by atoms with van der Waals surface area (Å²) in [7, 11) is -2.14. The molecule has 0 spiro atoms. The molecule has 1 amide bonds. The van der Waals surface area contributed by atoms with E-state index in [1.807, 2.05) is 0 Å². The van der Waals surface area contributed by atoms with Crippen molar-refractivity contribution in [3.8, 4) is 0 Å². The summed E-state index contributed by atoms with van der Waals surface area (Å²) in [6.07, 6.45) is 1.83. The maximum Gasteiger partial charge on any atom is 0.251 e. The van der Waals surface area contributed by atoms with Gasteiger partial charge in [0.25, 0.3) is 5.91 Å². The predicted molar refractivity (Wildman–Crippen MR) is 96.1 cm³/mol. The molecule has 0 radical (unpaired) electrons. The van der Waals surface area contributed by atoms with Gasteiger partial charge in [-0.15, -0.1) is 0 Å². The maximum absolute atomic E-state index is 12.4. The van der Waals surface area contributed by atoms with E-state index in [0.29, 0.717) is 5.56 Å². The number of likely N-dealkylation sites (tertiary alicyclic amines) is 1. The summed E-state index contributed by atoms with van der Waals surface area (Å²) in [6.45, 7) is 5.57. The third-order valence-corrected chi connectivity index (χ3v) is 5.83. The number of rotatable bonds is 8. The van der Waals surface area contributed by atoms with Gasteiger partial charge in [-0.05, 0) is 37.6 Å². The van der Waals surface area contributed by atoms with E-state index in [1.165, 1.54) is 19.2 Å². The molecule has 1 aliphatic heterocycles. The number of methoxy groups -OCH3 is 1. The highest BCUT2D eigenvalue weighted by Crippen LogP contribution is 2.14. The molecule has 0 atom stereocenters. The Morgan fingerprint density at radius 3 is 2.68 bits per heavy atom. The number of benzene rings is 1. The van der Waals surface area contributed by atoms with Gasteiger partial charge >= 0.3 is 0 Å². The third-order valence-electron chi connectivity index (χ3n) is 4.37. The Kier molecular flexibility index (Phi) is 7.37. The van der Waals surface area contributed by atoms with Crippen molar-refractivity contribution in [2.45, 2.75) is 30.7 Å². The van der Waals surface area contributed by atoms with Gasteiger partial charge in [0.1, 0.15) is 0 Å². The average Bonchev–Trinajstić information content (AvgIpc) is 2.62. The molecule has 7 nitrogen and oxygen atoms in total. The summed E-state index contributed by atoms with van der Waals surface area (Å²) in [5, 5.41) is 3.01. The van der Waals surface area contributed by atoms with Crippen LogP contribution >= 0.6 is 0 Å². The molecule has 1 heterocycles. The summed E-state index contributed by atoms with van der Waals surface area (Å²) < 4.78 is 31.8. The van der Waals surface area contributed by atoms with Crippen LogP contribution in [0.3, 0.4) is 0 Å². The number of carbonyl (C=O) groups is 1. The highest BCUT2D eigenvalue weighted by Gasteiger charge is 2.21. The van der Waals surface area contributed by atoms with Crippen molar-refractivity contribution in [1.82, 2.24) is 14.9 Å². The van der Waals surface area contributed by atoms with Crippen LogP contribution in [0.1, 0.15) is 30.1 Å². The van der Waals surface area contributed by atoms with E-state index in [-0.39, 0.29) is 30.0 Å². The van der Waals surface area contributed by atoms with Crippen molar-refractivity contribution in [3.05, 3.63) is 29.8 Å². The number of amides is 1. The highest BCUT2D eigenvalue weighted by molar-refractivity contribution is 7.89. The summed E-state index contributed by atoms with van der Waals surface area (Å²) in [5.41, 5.74) is 0.354. The largest absolute Gasteiger partial charge is 0.383 e. The van der Waals surface area contributed by atoms with Gasteiger partial charge in [-0.25, -0.2) is 13.1 Å². The Hall–Kier alpha value is -1.48. The van der Waals surface area contributed by atoms with E-state index in [2.05, 4.69) is 21.9 Å². The van der Waals surface area contributed by atoms with Gasteiger partial charge in [-0.2, -0.15) is 0 Å². The predicted octanol–water partition coefficient (Wildman–Crippen LogP) is 0.825. The van der Waals surface area contributed by atoms with Crippen LogP contribution in [0.2, 0.25) is 0 Å². The second-order valence-corrected chi connectivity index (χ2v) is 7.87. The molecular weight excluding hydrogens is 342 g/mol. The lowest BCUT2D eigenvalue weighted by atomic mass is 10.0. The Balaban J connectivity index is 1.99. The Labute approximate surface area is 149 Å². The lowest BCUT2D eigenvalue weighted by Crippen LogP contribution is -2.44. The minimum atomic E-state index is -3.65. The van der Waals surface area contributed by atoms with Crippen LogP contribution < -0.4 is 10.0 Å². The first-order valence-electron chi connectivity index (χ1n) is 8.58. The van der Waals surface area contributed by atoms with Crippen molar-refractivity contribution in [2.75, 3.05) is 39.9 Å². The number of carbonyl (C=O) groups excluding carboxylic acids is 1. The first-order chi connectivity index (χ1) is 12.0. The summed E-state index contributed by atoms with van der Waals surface area (Å²) in [5.74, 6) is -0.233. The molecule has 8 heteroatoms. The molecule has 1 fully saturated rings. The first kappa shape index (κ1) is 19.8. The van der Waals surface area contributed by atoms with Gasteiger partial charge in [-0.3, -0.25) is 4.79 Å². The summed E-state index contributed by atoms with van der Waals surface area (Å²) >= 11 is 0. The van der Waals surface area contributed by atoms with Crippen LogP contribution in [0.25, 0.3) is 0 Å². The molecule has 0 unspecified atom stereocenters. The normalized spacial score (nSPS) is 16.7. The lowest BCUT2D eigenvalue weighted by Gasteiger charge is -2.31. The fraction of sp³-hybridized carbons (Fsp3) is 0.588. The monoisotopic (exact) mass is 369 g/mol. The Bertz CT molecular complexity index is 670. The van der Waals surface area contributed by atoms with Gasteiger partial charge < -0.3 is 15.0 Å². The smallest absolute Gasteiger partial charge is 0.251 e. The zero-order chi connectivity index (χ0) is 18.3. The minimum absolute atomic E-state index is 0.0806. The molecule has 0 bridgehead atoms. The number of hydrogen-bond donors (Lipinski definition) is 2. The molecule has 1 aromatic carbocycles. The van der Waals surface area contributed by atoms with Crippen LogP contribution in [0, 0.1) is 0 Å². The molecule has 0 saturated carbocycles. The molecule has 25 heavy (non-hydrogen) atoms. The molecule has 1 aliphatic rings. The van der Waals surface area contributed by atoms with Gasteiger partial charge in [0, 0.05) is 38.3 Å². The summed E-state index contributed by atoms with van der Waals surface area (Å²) in [6, 6.07) is 6.23. The van der Waals surface area contributed by atoms with E-state index >= 15 is 0 Å². The van der Waals surface area contributed by atoms with E-state index < -0.39 is 10.0 Å². The number of sulfonamides is 1. The molecule has 1 saturated heterocycles. The van der Waals surface area contributed by atoms with Crippen LogP contribution in [0.15, 0.2) is 29.2 Å². The zero-order valence-electron chi connectivity index (χ0n) is 14.8. The van der Waals surface area contributed by atoms with Gasteiger partial charge in [-0.1, -0.05) is 13.0 Å². The molecule has 0 aromatic heterocycles.